The Morgan fingerprint density at radius 1 is 1.10 bits per heavy atom. The van der Waals surface area contributed by atoms with Crippen molar-refractivity contribution in [3.8, 4) is 11.8 Å². The van der Waals surface area contributed by atoms with Crippen molar-refractivity contribution in [3.05, 3.63) is 64.7 Å². The van der Waals surface area contributed by atoms with Crippen molar-refractivity contribution in [3.63, 3.8) is 0 Å². The first kappa shape index (κ1) is 15.0. The summed E-state index contributed by atoms with van der Waals surface area (Å²) in [6.45, 7) is 0.701. The lowest BCUT2D eigenvalue weighted by Crippen LogP contribution is -2.01. The molecule has 106 valence electrons. The first-order valence-corrected chi connectivity index (χ1v) is 6.84. The fraction of sp³-hybridized carbons (Fsp3) is 0.118. The van der Waals surface area contributed by atoms with Crippen LogP contribution in [0, 0.1) is 11.8 Å². The predicted octanol–water partition coefficient (Wildman–Crippen LogP) is 3.89. The Hall–Kier alpha value is -2.44. The van der Waals surface area contributed by atoms with Crippen LogP contribution in [0.5, 0.6) is 0 Å². The number of halogens is 1. The number of aromatic carboxylic acids is 1. The molecule has 2 rings (SSSR count). The van der Waals surface area contributed by atoms with E-state index in [-0.39, 0.29) is 5.56 Å². The van der Waals surface area contributed by atoms with Gasteiger partial charge in [0.2, 0.25) is 0 Å². The maximum absolute atomic E-state index is 10.7. The number of carboxylic acid groups (broad SMARTS) is 1. The van der Waals surface area contributed by atoms with Gasteiger partial charge < -0.3 is 10.4 Å². The van der Waals surface area contributed by atoms with Gasteiger partial charge in [-0.15, -0.1) is 0 Å². The number of nitrogens with one attached hydrogen (secondary N) is 1. The summed E-state index contributed by atoms with van der Waals surface area (Å²) >= 11 is 5.80. The van der Waals surface area contributed by atoms with Gasteiger partial charge in [0.15, 0.2) is 0 Å². The number of rotatable bonds is 4. The number of hydrogen-bond donors (Lipinski definition) is 2. The molecule has 21 heavy (non-hydrogen) atoms. The van der Waals surface area contributed by atoms with Crippen molar-refractivity contribution in [1.29, 1.82) is 0 Å². The van der Waals surface area contributed by atoms with Crippen LogP contribution in [0.3, 0.4) is 0 Å². The Balaban J connectivity index is 1.79. The molecule has 0 aliphatic carbocycles. The molecule has 2 N–H and O–H groups in total. The molecule has 0 fully saturated rings. The molecule has 2 aromatic carbocycles. The molecule has 0 radical (unpaired) electrons. The Morgan fingerprint density at radius 3 is 2.38 bits per heavy atom. The third-order valence-corrected chi connectivity index (χ3v) is 3.04. The quantitative estimate of drug-likeness (QED) is 0.665. The first-order chi connectivity index (χ1) is 10.1. The van der Waals surface area contributed by atoms with Crippen LogP contribution in [0.15, 0.2) is 48.5 Å². The minimum atomic E-state index is -0.921. The summed E-state index contributed by atoms with van der Waals surface area (Å²) in [7, 11) is 0. The van der Waals surface area contributed by atoms with Crippen LogP contribution in [-0.2, 0) is 0 Å². The van der Waals surface area contributed by atoms with Crippen LogP contribution in [0.25, 0.3) is 0 Å². The maximum atomic E-state index is 10.7. The fourth-order valence-electron chi connectivity index (χ4n) is 1.70. The number of anilines is 1. The Labute approximate surface area is 128 Å². The van der Waals surface area contributed by atoms with Gasteiger partial charge in [-0.3, -0.25) is 0 Å². The van der Waals surface area contributed by atoms with E-state index in [2.05, 4.69) is 17.2 Å². The molecule has 0 saturated carbocycles. The van der Waals surface area contributed by atoms with Crippen molar-refractivity contribution in [2.45, 2.75) is 6.42 Å². The van der Waals surface area contributed by atoms with E-state index in [1.165, 1.54) is 0 Å². The molecule has 0 aromatic heterocycles. The van der Waals surface area contributed by atoms with E-state index in [1.54, 1.807) is 24.3 Å². The van der Waals surface area contributed by atoms with Crippen LogP contribution in [0.1, 0.15) is 22.3 Å². The molecule has 0 saturated heterocycles. The monoisotopic (exact) mass is 299 g/mol. The Kier molecular flexibility index (Phi) is 5.25. The molecule has 0 amide bonds. The molecule has 0 aliphatic heterocycles. The average molecular weight is 300 g/mol. The molecular formula is C17H14ClNO2. The van der Waals surface area contributed by atoms with E-state index >= 15 is 0 Å². The number of hydrogen-bond acceptors (Lipinski definition) is 2. The normalized spacial score (nSPS) is 9.57. The van der Waals surface area contributed by atoms with E-state index in [9.17, 15) is 4.79 Å². The highest BCUT2D eigenvalue weighted by Crippen LogP contribution is 2.10. The van der Waals surface area contributed by atoms with E-state index in [0.29, 0.717) is 18.0 Å². The number of carbonyl (C=O) groups is 1. The van der Waals surface area contributed by atoms with Crippen LogP contribution in [0.4, 0.5) is 5.69 Å². The van der Waals surface area contributed by atoms with Crippen molar-refractivity contribution in [2.24, 2.45) is 0 Å². The largest absolute Gasteiger partial charge is 0.478 e. The van der Waals surface area contributed by atoms with Gasteiger partial charge in [0.05, 0.1) is 5.56 Å². The van der Waals surface area contributed by atoms with Crippen LogP contribution >= 0.6 is 11.6 Å². The van der Waals surface area contributed by atoms with Crippen LogP contribution < -0.4 is 5.32 Å². The molecule has 0 aliphatic rings. The second kappa shape index (κ2) is 7.37. The highest BCUT2D eigenvalue weighted by Gasteiger charge is 2.00. The van der Waals surface area contributed by atoms with Gasteiger partial charge in [-0.25, -0.2) is 4.79 Å². The minimum Gasteiger partial charge on any atom is -0.478 e. The van der Waals surface area contributed by atoms with Crippen LogP contribution in [-0.4, -0.2) is 17.6 Å². The zero-order valence-electron chi connectivity index (χ0n) is 11.3. The first-order valence-electron chi connectivity index (χ1n) is 6.47. The molecule has 0 atom stereocenters. The van der Waals surface area contributed by atoms with Gasteiger partial charge in [-0.1, -0.05) is 23.4 Å². The Morgan fingerprint density at radius 2 is 1.76 bits per heavy atom. The SMILES string of the molecule is O=C(O)c1ccc(NCCC#Cc2ccc(Cl)cc2)cc1. The molecule has 3 nitrogen and oxygen atoms in total. The third-order valence-electron chi connectivity index (χ3n) is 2.79. The fourth-order valence-corrected chi connectivity index (χ4v) is 1.82. The Bertz CT molecular complexity index is 667. The van der Waals surface area contributed by atoms with Gasteiger partial charge >= 0.3 is 5.97 Å². The summed E-state index contributed by atoms with van der Waals surface area (Å²) < 4.78 is 0. The second-order valence-electron chi connectivity index (χ2n) is 4.37. The molecule has 0 unspecified atom stereocenters. The van der Waals surface area contributed by atoms with E-state index in [4.69, 9.17) is 16.7 Å². The van der Waals surface area contributed by atoms with Gasteiger partial charge in [0, 0.05) is 29.2 Å². The summed E-state index contributed by atoms with van der Waals surface area (Å²) in [5.41, 5.74) is 2.10. The molecule has 0 heterocycles. The van der Waals surface area contributed by atoms with Crippen molar-refractivity contribution in [1.82, 2.24) is 0 Å². The molecule has 2 aromatic rings. The van der Waals surface area contributed by atoms with Gasteiger partial charge in [0.1, 0.15) is 0 Å². The summed E-state index contributed by atoms with van der Waals surface area (Å²) in [6.07, 6.45) is 0.698. The predicted molar refractivity (Wildman–Crippen MR) is 84.8 cm³/mol. The van der Waals surface area contributed by atoms with Gasteiger partial charge in [-0.05, 0) is 48.5 Å². The average Bonchev–Trinajstić information content (AvgIpc) is 2.49. The highest BCUT2D eigenvalue weighted by molar-refractivity contribution is 6.30. The van der Waals surface area contributed by atoms with E-state index in [1.807, 2.05) is 24.3 Å². The number of carboxylic acids is 1. The van der Waals surface area contributed by atoms with E-state index < -0.39 is 5.97 Å². The van der Waals surface area contributed by atoms with Crippen molar-refractivity contribution < 1.29 is 9.90 Å². The minimum absolute atomic E-state index is 0.281. The molecule has 0 spiro atoms. The van der Waals surface area contributed by atoms with Crippen molar-refractivity contribution in [2.75, 3.05) is 11.9 Å². The second-order valence-corrected chi connectivity index (χ2v) is 4.80. The van der Waals surface area contributed by atoms with Gasteiger partial charge in [-0.2, -0.15) is 0 Å². The third kappa shape index (κ3) is 4.87. The molecule has 4 heteroatoms. The van der Waals surface area contributed by atoms with Crippen molar-refractivity contribution >= 4 is 23.3 Å². The summed E-state index contributed by atoms with van der Waals surface area (Å²) in [5.74, 6) is 5.21. The highest BCUT2D eigenvalue weighted by atomic mass is 35.5. The number of benzene rings is 2. The summed E-state index contributed by atoms with van der Waals surface area (Å²) in [5, 5.41) is 12.7. The molecule has 0 bridgehead atoms. The van der Waals surface area contributed by atoms with Crippen LogP contribution in [0.2, 0.25) is 5.02 Å². The maximum Gasteiger partial charge on any atom is 0.335 e. The lowest BCUT2D eigenvalue weighted by molar-refractivity contribution is 0.0697. The molecular weight excluding hydrogens is 286 g/mol. The lowest BCUT2D eigenvalue weighted by Gasteiger charge is -2.03. The topological polar surface area (TPSA) is 49.3 Å². The summed E-state index contributed by atoms with van der Waals surface area (Å²) in [6, 6.07) is 14.0. The summed E-state index contributed by atoms with van der Waals surface area (Å²) in [4.78, 5) is 10.7. The zero-order valence-corrected chi connectivity index (χ0v) is 12.0. The zero-order chi connectivity index (χ0) is 15.1. The standard InChI is InChI=1S/C17H14ClNO2/c18-15-8-4-13(5-9-15)3-1-2-12-19-16-10-6-14(7-11-16)17(20)21/h4-11,19H,2,12H2,(H,20,21). The van der Waals surface area contributed by atoms with Gasteiger partial charge in [0.25, 0.3) is 0 Å². The smallest absolute Gasteiger partial charge is 0.335 e. The van der Waals surface area contributed by atoms with E-state index in [0.717, 1.165) is 11.3 Å². The lowest BCUT2D eigenvalue weighted by atomic mass is 10.2.